The number of imidazole rings is 1. The van der Waals surface area contributed by atoms with Crippen LogP contribution >= 0.6 is 0 Å². The van der Waals surface area contributed by atoms with Gasteiger partial charge in [-0.15, -0.1) is 0 Å². The Labute approximate surface area is 310 Å². The largest absolute Gasteiger partial charge is 0 e. The molecular formula is C43H38GeN4OPt-2. The molecule has 0 saturated heterocycles. The molecule has 0 atom stereocenters. The fourth-order valence-corrected chi connectivity index (χ4v) is 8.88. The van der Waals surface area contributed by atoms with Gasteiger partial charge in [-0.1, -0.05) is 42.5 Å². The van der Waals surface area contributed by atoms with Crippen LogP contribution in [0.2, 0.25) is 17.3 Å². The van der Waals surface area contributed by atoms with Gasteiger partial charge in [0.05, 0.1) is 16.7 Å². The standard InChI is InChI=1S/C43H38GeN4O.Pt/c1-43(2,3)30-23-24-45-42(25-30)48-38-22-19-31(44(4,5)6)26-37(38)36-21-20-35(28-41(36)48)49-34-16-12-15-33(27-34)47-29-46(32-13-8-7-9-14-32)39-17-10-11-18-40(39)47;/h7-26H,1-6H3;/q-2;. The molecule has 0 spiro atoms. The zero-order chi connectivity index (χ0) is 33.9. The second kappa shape index (κ2) is 13.0. The Bertz CT molecular complexity index is 2500. The molecule has 0 unspecified atom stereocenters. The molecule has 0 bridgehead atoms. The topological polar surface area (TPSA) is 35.9 Å². The Hall–Kier alpha value is -4.45. The Morgan fingerprint density at radius 3 is 2.26 bits per heavy atom. The molecule has 7 heteroatoms. The number of aromatic nitrogens is 4. The first-order valence-corrected chi connectivity index (χ1v) is 24.1. The van der Waals surface area contributed by atoms with E-state index >= 15 is 0 Å². The van der Waals surface area contributed by atoms with E-state index < -0.39 is 13.3 Å². The quantitative estimate of drug-likeness (QED) is 0.0949. The van der Waals surface area contributed by atoms with Gasteiger partial charge in [0, 0.05) is 21.1 Å². The Kier molecular flexibility index (Phi) is 8.86. The van der Waals surface area contributed by atoms with Gasteiger partial charge in [-0.05, 0) is 12.1 Å². The summed E-state index contributed by atoms with van der Waals surface area (Å²) in [5.41, 5.74) is 7.25. The minimum atomic E-state index is -2.09. The van der Waals surface area contributed by atoms with Gasteiger partial charge in [0.2, 0.25) is 0 Å². The van der Waals surface area contributed by atoms with Gasteiger partial charge in [-0.3, -0.25) is 4.57 Å². The molecule has 3 aromatic heterocycles. The molecule has 252 valence electrons. The van der Waals surface area contributed by atoms with E-state index in [9.17, 15) is 0 Å². The van der Waals surface area contributed by atoms with Crippen molar-refractivity contribution in [2.24, 2.45) is 0 Å². The molecular weight excluding hydrogens is 856 g/mol. The third-order valence-corrected chi connectivity index (χ3v) is 13.4. The van der Waals surface area contributed by atoms with Gasteiger partial charge >= 0.3 is 209 Å². The number of pyridine rings is 1. The molecule has 0 radical (unpaired) electrons. The molecule has 5 aromatic carbocycles. The zero-order valence-electron chi connectivity index (χ0n) is 29.1. The number of ether oxygens (including phenoxy) is 1. The molecule has 5 nitrogen and oxygen atoms in total. The van der Waals surface area contributed by atoms with Crippen molar-refractivity contribution in [2.45, 2.75) is 43.5 Å². The molecule has 0 saturated carbocycles. The maximum absolute atomic E-state index is 6.53. The third-order valence-electron chi connectivity index (χ3n) is 9.15. The van der Waals surface area contributed by atoms with Gasteiger partial charge in [0.1, 0.15) is 0 Å². The molecule has 50 heavy (non-hydrogen) atoms. The van der Waals surface area contributed by atoms with E-state index in [0.717, 1.165) is 44.6 Å². The van der Waals surface area contributed by atoms with Crippen molar-refractivity contribution in [1.82, 2.24) is 14.1 Å². The molecule has 8 aromatic rings. The van der Waals surface area contributed by atoms with Crippen LogP contribution in [0, 0.1) is 18.5 Å². The first-order chi connectivity index (χ1) is 23.5. The van der Waals surface area contributed by atoms with Crippen molar-refractivity contribution < 1.29 is 30.4 Å². The van der Waals surface area contributed by atoms with Gasteiger partial charge in [0.25, 0.3) is 6.33 Å². The van der Waals surface area contributed by atoms with E-state index in [2.05, 4.69) is 132 Å². The van der Waals surface area contributed by atoms with Crippen LogP contribution in [0.25, 0.3) is 50.0 Å². The van der Waals surface area contributed by atoms with E-state index in [4.69, 9.17) is 9.72 Å². The Morgan fingerprint density at radius 1 is 0.720 bits per heavy atom. The molecule has 0 aliphatic heterocycles. The summed E-state index contributed by atoms with van der Waals surface area (Å²) < 4.78 is 14.3. The predicted molar refractivity (Wildman–Crippen MR) is 202 cm³/mol. The number of fused-ring (bicyclic) bond motifs is 4. The van der Waals surface area contributed by atoms with E-state index in [1.165, 1.54) is 15.3 Å². The SMILES string of the molecule is CC(C)(C)c1ccnc(-n2c3[c-]c(Oc4[c-]c(-n5[c-][n+](-c6ccccc6)c6ccccc65)ccc4)ccc3c3c[c]([Ge]([CH3])([CH3])[CH3])ccc32)c1.[Pt]. The molecule has 8 rings (SSSR count). The first kappa shape index (κ1) is 34.0. The summed E-state index contributed by atoms with van der Waals surface area (Å²) >= 11 is -2.09. The number of nitrogens with zero attached hydrogens (tertiary/aromatic N) is 4. The number of para-hydroxylation sites is 3. The van der Waals surface area contributed by atoms with Crippen LogP contribution in [0.3, 0.4) is 0 Å². The monoisotopic (exact) mass is 895 g/mol. The predicted octanol–water partition coefficient (Wildman–Crippen LogP) is 9.43. The normalized spacial score (nSPS) is 12.0. The van der Waals surface area contributed by atoms with Gasteiger partial charge in [0.15, 0.2) is 0 Å². The van der Waals surface area contributed by atoms with Crippen LogP contribution < -0.4 is 13.7 Å². The van der Waals surface area contributed by atoms with E-state index in [0.29, 0.717) is 11.5 Å². The van der Waals surface area contributed by atoms with Crippen molar-refractivity contribution in [1.29, 1.82) is 0 Å². The molecule has 0 aliphatic rings. The van der Waals surface area contributed by atoms with Gasteiger partial charge in [-0.2, -0.15) is 0 Å². The van der Waals surface area contributed by atoms with Crippen molar-refractivity contribution in [3.8, 4) is 28.7 Å². The number of rotatable bonds is 6. The second-order valence-corrected chi connectivity index (χ2v) is 25.3. The molecule has 0 fully saturated rings. The van der Waals surface area contributed by atoms with Gasteiger partial charge in [-0.25, -0.2) is 0 Å². The zero-order valence-corrected chi connectivity index (χ0v) is 33.4. The van der Waals surface area contributed by atoms with E-state index in [-0.39, 0.29) is 26.5 Å². The van der Waals surface area contributed by atoms with Crippen molar-refractivity contribution in [2.75, 3.05) is 0 Å². The average Bonchev–Trinajstić information content (AvgIpc) is 3.64. The summed E-state index contributed by atoms with van der Waals surface area (Å²) in [6, 6.07) is 47.1. The van der Waals surface area contributed by atoms with Crippen LogP contribution in [-0.4, -0.2) is 27.4 Å². The summed E-state index contributed by atoms with van der Waals surface area (Å²) in [7, 11) is 0. The average molecular weight is 894 g/mol. The number of benzene rings is 5. The Morgan fingerprint density at radius 2 is 1.48 bits per heavy atom. The molecule has 0 N–H and O–H groups in total. The van der Waals surface area contributed by atoms with Crippen molar-refractivity contribution >= 4 is 50.5 Å². The molecule has 0 amide bonds. The van der Waals surface area contributed by atoms with E-state index in [1.54, 1.807) is 0 Å². The van der Waals surface area contributed by atoms with Crippen LogP contribution in [0.1, 0.15) is 26.3 Å². The van der Waals surface area contributed by atoms with Crippen LogP contribution in [0.4, 0.5) is 0 Å². The summed E-state index contributed by atoms with van der Waals surface area (Å²) in [6.07, 6.45) is 5.45. The van der Waals surface area contributed by atoms with Crippen LogP contribution in [-0.2, 0) is 26.5 Å². The van der Waals surface area contributed by atoms with Gasteiger partial charge < -0.3 is 0 Å². The van der Waals surface area contributed by atoms with Crippen molar-refractivity contribution in [3.63, 3.8) is 0 Å². The maximum atomic E-state index is 6.53. The summed E-state index contributed by atoms with van der Waals surface area (Å²) in [4.78, 5) is 4.87. The smallest absolute Gasteiger partial charge is 0 e. The van der Waals surface area contributed by atoms with Crippen LogP contribution in [0.5, 0.6) is 11.5 Å². The van der Waals surface area contributed by atoms with Crippen molar-refractivity contribution in [3.05, 3.63) is 145 Å². The number of hydrogen-bond donors (Lipinski definition) is 0. The fourth-order valence-electron chi connectivity index (χ4n) is 6.45. The molecule has 0 aliphatic carbocycles. The summed E-state index contributed by atoms with van der Waals surface area (Å²) in [5.74, 6) is 9.41. The van der Waals surface area contributed by atoms with Crippen LogP contribution in [0.15, 0.2) is 121 Å². The summed E-state index contributed by atoms with van der Waals surface area (Å²) in [5, 5.41) is 2.35. The minimum absolute atomic E-state index is 0. The minimum Gasteiger partial charge on any atom is 0 e. The Balaban J connectivity index is 0.00000392. The molecule has 3 heterocycles. The summed E-state index contributed by atoms with van der Waals surface area (Å²) in [6.45, 7) is 6.70. The fraction of sp³-hybridized carbons (Fsp3) is 0.163. The number of hydrogen-bond acceptors (Lipinski definition) is 2. The second-order valence-electron chi connectivity index (χ2n) is 14.7. The maximum Gasteiger partial charge on any atom is 0 e. The first-order valence-electron chi connectivity index (χ1n) is 16.7. The third kappa shape index (κ3) is 6.22. The van der Waals surface area contributed by atoms with E-state index in [1.807, 2.05) is 59.3 Å².